The normalized spacial score (nSPS) is 17.7. The van der Waals surface area contributed by atoms with Crippen molar-refractivity contribution in [2.75, 3.05) is 13.1 Å². The molecule has 0 aliphatic heterocycles. The first-order chi connectivity index (χ1) is 10.4. The van der Waals surface area contributed by atoms with E-state index in [1.807, 2.05) is 11.3 Å². The molecule has 0 fully saturated rings. The third-order valence-corrected chi connectivity index (χ3v) is 5.27. The summed E-state index contributed by atoms with van der Waals surface area (Å²) in [6.45, 7) is 4.29. The summed E-state index contributed by atoms with van der Waals surface area (Å²) in [5.74, 6) is 0.565. The van der Waals surface area contributed by atoms with Gasteiger partial charge in [0.2, 0.25) is 0 Å². The van der Waals surface area contributed by atoms with E-state index in [1.54, 1.807) is 0 Å². The molecule has 1 aliphatic carbocycles. The zero-order valence-corrected chi connectivity index (χ0v) is 13.5. The second kappa shape index (κ2) is 7.14. The molecule has 1 aromatic carbocycles. The number of hydrogen-bond acceptors (Lipinski definition) is 4. The van der Waals surface area contributed by atoms with Crippen LogP contribution in [0.1, 0.15) is 46.8 Å². The lowest BCUT2D eigenvalue weighted by Gasteiger charge is -2.22. The van der Waals surface area contributed by atoms with Crippen LogP contribution in [0.2, 0.25) is 0 Å². The molecule has 0 amide bonds. The Bertz CT molecular complexity index is 579. The molecular weight excluding hydrogens is 278 g/mol. The number of benzene rings is 1. The fraction of sp³-hybridized carbons (Fsp3) is 0.529. The van der Waals surface area contributed by atoms with E-state index < -0.39 is 0 Å². The second-order valence-corrected chi connectivity index (χ2v) is 6.84. The fourth-order valence-electron chi connectivity index (χ4n) is 2.94. The van der Waals surface area contributed by atoms with Crippen molar-refractivity contribution in [3.05, 3.63) is 45.4 Å². The van der Waals surface area contributed by atoms with E-state index in [0.29, 0.717) is 5.92 Å². The molecule has 1 aromatic heterocycles. The molecule has 4 heteroatoms. The molecule has 21 heavy (non-hydrogen) atoms. The van der Waals surface area contributed by atoms with Gasteiger partial charge in [-0.15, -0.1) is 21.5 Å². The number of aryl methyl sites for hydroxylation is 1. The number of nitrogens with zero attached hydrogens (tertiary/aromatic N) is 2. The van der Waals surface area contributed by atoms with Gasteiger partial charge in [-0.25, -0.2) is 0 Å². The predicted molar refractivity (Wildman–Crippen MR) is 88.0 cm³/mol. The van der Waals surface area contributed by atoms with E-state index in [1.165, 1.54) is 40.4 Å². The maximum absolute atomic E-state index is 4.45. The van der Waals surface area contributed by atoms with Crippen molar-refractivity contribution in [2.45, 2.75) is 44.9 Å². The van der Waals surface area contributed by atoms with Crippen LogP contribution >= 0.6 is 11.3 Å². The Hall–Kier alpha value is -1.26. The molecular formula is C17H23N3S. The monoisotopic (exact) mass is 301 g/mol. The third-order valence-electron chi connectivity index (χ3n) is 4.12. The average molecular weight is 301 g/mol. The fourth-order valence-corrected chi connectivity index (χ4v) is 3.91. The van der Waals surface area contributed by atoms with Crippen LogP contribution in [0.5, 0.6) is 0 Å². The Morgan fingerprint density at radius 1 is 1.19 bits per heavy atom. The zero-order chi connectivity index (χ0) is 14.5. The summed E-state index contributed by atoms with van der Waals surface area (Å²) in [4.78, 5) is 0. The van der Waals surface area contributed by atoms with Crippen LogP contribution in [0.25, 0.3) is 0 Å². The molecule has 1 N–H and O–H groups in total. The van der Waals surface area contributed by atoms with Gasteiger partial charge in [-0.1, -0.05) is 31.2 Å². The van der Waals surface area contributed by atoms with Crippen molar-refractivity contribution in [2.24, 2.45) is 0 Å². The van der Waals surface area contributed by atoms with Gasteiger partial charge in [-0.05, 0) is 43.4 Å². The van der Waals surface area contributed by atoms with Crippen LogP contribution in [0, 0.1) is 0 Å². The molecule has 0 radical (unpaired) electrons. The Morgan fingerprint density at radius 2 is 2.05 bits per heavy atom. The van der Waals surface area contributed by atoms with Gasteiger partial charge in [0.25, 0.3) is 0 Å². The van der Waals surface area contributed by atoms with E-state index in [4.69, 9.17) is 0 Å². The lowest BCUT2D eigenvalue weighted by molar-refractivity contribution is 0.576. The highest BCUT2D eigenvalue weighted by Gasteiger charge is 2.22. The van der Waals surface area contributed by atoms with Crippen LogP contribution in [0.4, 0.5) is 0 Å². The summed E-state index contributed by atoms with van der Waals surface area (Å²) in [6, 6.07) is 8.81. The molecule has 0 saturated carbocycles. The van der Waals surface area contributed by atoms with E-state index in [0.717, 1.165) is 25.9 Å². The minimum Gasteiger partial charge on any atom is -0.316 e. The quantitative estimate of drug-likeness (QED) is 0.832. The van der Waals surface area contributed by atoms with Crippen molar-refractivity contribution in [1.29, 1.82) is 0 Å². The lowest BCUT2D eigenvalue weighted by Crippen LogP contribution is -2.17. The first-order valence-corrected chi connectivity index (χ1v) is 8.78. The first-order valence-electron chi connectivity index (χ1n) is 7.96. The predicted octanol–water partition coefficient (Wildman–Crippen LogP) is 3.35. The zero-order valence-electron chi connectivity index (χ0n) is 12.6. The van der Waals surface area contributed by atoms with Crippen LogP contribution in [-0.4, -0.2) is 23.3 Å². The Kier molecular flexibility index (Phi) is 4.99. The van der Waals surface area contributed by atoms with Crippen molar-refractivity contribution in [3.8, 4) is 0 Å². The third kappa shape index (κ3) is 3.69. The van der Waals surface area contributed by atoms with Gasteiger partial charge in [0.05, 0.1) is 0 Å². The highest BCUT2D eigenvalue weighted by atomic mass is 32.1. The van der Waals surface area contributed by atoms with E-state index in [-0.39, 0.29) is 0 Å². The molecule has 2 aromatic rings. The van der Waals surface area contributed by atoms with Gasteiger partial charge < -0.3 is 5.32 Å². The summed E-state index contributed by atoms with van der Waals surface area (Å²) in [5, 5.41) is 14.7. The molecule has 3 rings (SSSR count). The Morgan fingerprint density at radius 3 is 2.90 bits per heavy atom. The number of hydrogen-bond donors (Lipinski definition) is 1. The maximum Gasteiger partial charge on any atom is 0.120 e. The van der Waals surface area contributed by atoms with Crippen molar-refractivity contribution in [1.82, 2.24) is 15.5 Å². The van der Waals surface area contributed by atoms with E-state index in [2.05, 4.69) is 46.7 Å². The molecule has 3 nitrogen and oxygen atoms in total. The first kappa shape index (κ1) is 14.7. The minimum atomic E-state index is 0.565. The SMILES string of the molecule is CCCNCCc1nnc(C2CCc3ccccc3C2)s1. The van der Waals surface area contributed by atoms with Gasteiger partial charge in [-0.2, -0.15) is 0 Å². The molecule has 1 unspecified atom stereocenters. The van der Waals surface area contributed by atoms with Crippen LogP contribution < -0.4 is 5.32 Å². The van der Waals surface area contributed by atoms with Gasteiger partial charge in [0.1, 0.15) is 10.0 Å². The molecule has 0 saturated heterocycles. The molecule has 112 valence electrons. The number of fused-ring (bicyclic) bond motifs is 1. The molecule has 0 bridgehead atoms. The number of nitrogens with one attached hydrogen (secondary N) is 1. The minimum absolute atomic E-state index is 0.565. The van der Waals surface area contributed by atoms with Crippen LogP contribution in [0.3, 0.4) is 0 Å². The highest BCUT2D eigenvalue weighted by molar-refractivity contribution is 7.11. The van der Waals surface area contributed by atoms with Crippen LogP contribution in [0.15, 0.2) is 24.3 Å². The summed E-state index contributed by atoms with van der Waals surface area (Å²) in [7, 11) is 0. The summed E-state index contributed by atoms with van der Waals surface area (Å²) in [5.41, 5.74) is 3.01. The summed E-state index contributed by atoms with van der Waals surface area (Å²) in [6.07, 6.45) is 5.69. The molecule has 1 heterocycles. The van der Waals surface area contributed by atoms with Gasteiger partial charge in [-0.3, -0.25) is 0 Å². The maximum atomic E-state index is 4.45. The van der Waals surface area contributed by atoms with E-state index >= 15 is 0 Å². The van der Waals surface area contributed by atoms with Gasteiger partial charge in [0, 0.05) is 18.9 Å². The summed E-state index contributed by atoms with van der Waals surface area (Å²) < 4.78 is 0. The number of rotatable bonds is 6. The average Bonchev–Trinajstić information content (AvgIpc) is 3.00. The van der Waals surface area contributed by atoms with Crippen LogP contribution in [-0.2, 0) is 19.3 Å². The largest absolute Gasteiger partial charge is 0.316 e. The smallest absolute Gasteiger partial charge is 0.120 e. The Balaban J connectivity index is 1.59. The molecule has 0 spiro atoms. The molecule has 1 aliphatic rings. The highest BCUT2D eigenvalue weighted by Crippen LogP contribution is 2.33. The summed E-state index contributed by atoms with van der Waals surface area (Å²) >= 11 is 1.81. The Labute approximate surface area is 130 Å². The van der Waals surface area contributed by atoms with Crippen molar-refractivity contribution >= 4 is 11.3 Å². The molecule has 1 atom stereocenters. The van der Waals surface area contributed by atoms with Crippen molar-refractivity contribution in [3.63, 3.8) is 0 Å². The second-order valence-electron chi connectivity index (χ2n) is 5.74. The lowest BCUT2D eigenvalue weighted by atomic mass is 9.84. The standard InChI is InChI=1S/C17H23N3S/c1-2-10-18-11-9-16-19-20-17(21-16)15-8-7-13-5-3-4-6-14(13)12-15/h3-6,15,18H,2,7-12H2,1H3. The van der Waals surface area contributed by atoms with Gasteiger partial charge in [0.15, 0.2) is 0 Å². The van der Waals surface area contributed by atoms with Gasteiger partial charge >= 0.3 is 0 Å². The topological polar surface area (TPSA) is 37.8 Å². The number of aromatic nitrogens is 2. The van der Waals surface area contributed by atoms with E-state index in [9.17, 15) is 0 Å². The van der Waals surface area contributed by atoms with Crippen molar-refractivity contribution < 1.29 is 0 Å².